The van der Waals surface area contributed by atoms with Crippen LogP contribution in [0.2, 0.25) is 0 Å². The number of sulfone groups is 1. The Balaban J connectivity index is 2.65. The molecule has 0 aromatic carbocycles. The van der Waals surface area contributed by atoms with Gasteiger partial charge in [0.2, 0.25) is 0 Å². The van der Waals surface area contributed by atoms with Crippen LogP contribution in [0.5, 0.6) is 0 Å². The lowest BCUT2D eigenvalue weighted by Crippen LogP contribution is -2.36. The molecular weight excluding hydrogens is 241 g/mol. The zero-order valence-corrected chi connectivity index (χ0v) is 10.2. The van der Waals surface area contributed by atoms with E-state index in [0.29, 0.717) is 13.0 Å². The summed E-state index contributed by atoms with van der Waals surface area (Å²) in [5.74, 6) is 0.135. The Hall–Kier alpha value is 0.0600. The first-order valence-electron chi connectivity index (χ1n) is 4.72. The maximum atomic E-state index is 11.2. The summed E-state index contributed by atoms with van der Waals surface area (Å²) in [7, 11) is -7.10. The zero-order valence-electron chi connectivity index (χ0n) is 8.53. The summed E-state index contributed by atoms with van der Waals surface area (Å²) in [6, 6.07) is -0.243. The SMILES string of the molecule is CCN(CP(=O)(O)O)C1CCS(=O)(=O)C1. The molecule has 0 saturated carbocycles. The maximum absolute atomic E-state index is 11.2. The van der Waals surface area contributed by atoms with Crippen LogP contribution >= 0.6 is 7.60 Å². The van der Waals surface area contributed by atoms with Gasteiger partial charge in [-0.15, -0.1) is 0 Å². The van der Waals surface area contributed by atoms with Gasteiger partial charge in [-0.2, -0.15) is 0 Å². The van der Waals surface area contributed by atoms with Crippen LogP contribution < -0.4 is 0 Å². The molecule has 6 nitrogen and oxygen atoms in total. The second-order valence-electron chi connectivity index (χ2n) is 3.77. The van der Waals surface area contributed by atoms with E-state index in [0.717, 1.165) is 0 Å². The van der Waals surface area contributed by atoms with Crippen molar-refractivity contribution in [1.29, 1.82) is 0 Å². The van der Waals surface area contributed by atoms with Crippen LogP contribution in [0.1, 0.15) is 13.3 Å². The monoisotopic (exact) mass is 257 g/mol. The fourth-order valence-electron chi connectivity index (χ4n) is 1.77. The van der Waals surface area contributed by atoms with E-state index in [2.05, 4.69) is 0 Å². The molecule has 1 rings (SSSR count). The van der Waals surface area contributed by atoms with Crippen molar-refractivity contribution in [2.45, 2.75) is 19.4 Å². The summed E-state index contributed by atoms with van der Waals surface area (Å²) in [6.45, 7) is 2.21. The first kappa shape index (κ1) is 13.1. The Morgan fingerprint density at radius 1 is 1.47 bits per heavy atom. The van der Waals surface area contributed by atoms with Gasteiger partial charge in [0.25, 0.3) is 0 Å². The molecular formula is C7H16NO5PS. The lowest BCUT2D eigenvalue weighted by Gasteiger charge is -2.26. The third-order valence-electron chi connectivity index (χ3n) is 2.50. The van der Waals surface area contributed by atoms with Crippen LogP contribution in [0.4, 0.5) is 0 Å². The molecule has 0 bridgehead atoms. The Kier molecular flexibility index (Phi) is 3.95. The van der Waals surface area contributed by atoms with Crippen LogP contribution in [-0.2, 0) is 14.4 Å². The quantitative estimate of drug-likeness (QED) is 0.667. The molecule has 1 atom stereocenters. The van der Waals surface area contributed by atoms with Gasteiger partial charge in [0.1, 0.15) is 6.29 Å². The van der Waals surface area contributed by atoms with E-state index >= 15 is 0 Å². The Morgan fingerprint density at radius 3 is 2.40 bits per heavy atom. The summed E-state index contributed by atoms with van der Waals surface area (Å²) in [6.07, 6.45) is 0.111. The van der Waals surface area contributed by atoms with Crippen LogP contribution in [0, 0.1) is 0 Å². The van der Waals surface area contributed by atoms with Crippen LogP contribution in [0.25, 0.3) is 0 Å². The van der Waals surface area contributed by atoms with Gasteiger partial charge in [0, 0.05) is 6.04 Å². The molecule has 1 saturated heterocycles. The molecule has 1 heterocycles. The standard InChI is InChI=1S/C7H16NO5PS/c1-2-8(6-14(9,10)11)7-3-4-15(12,13)5-7/h7H,2-6H2,1H3,(H2,9,10,11). The number of nitrogens with zero attached hydrogens (tertiary/aromatic N) is 1. The Labute approximate surface area is 89.4 Å². The van der Waals surface area contributed by atoms with E-state index in [9.17, 15) is 13.0 Å². The number of hydrogen-bond acceptors (Lipinski definition) is 4. The fraction of sp³-hybridized carbons (Fsp3) is 1.00. The summed E-state index contributed by atoms with van der Waals surface area (Å²) in [4.78, 5) is 19.2. The molecule has 8 heteroatoms. The second-order valence-corrected chi connectivity index (χ2v) is 7.61. The summed E-state index contributed by atoms with van der Waals surface area (Å²) in [5.41, 5.74) is 0. The predicted octanol–water partition coefficient (Wildman–Crippen LogP) is -0.369. The molecule has 1 aliphatic rings. The highest BCUT2D eigenvalue weighted by Crippen LogP contribution is 2.36. The van der Waals surface area contributed by atoms with E-state index in [1.165, 1.54) is 0 Å². The maximum Gasteiger partial charge on any atom is 0.339 e. The molecule has 1 fully saturated rings. The largest absolute Gasteiger partial charge is 0.339 e. The normalized spacial score (nSPS) is 26.0. The molecule has 0 spiro atoms. The number of rotatable bonds is 4. The van der Waals surface area contributed by atoms with Gasteiger partial charge < -0.3 is 9.79 Å². The first-order chi connectivity index (χ1) is 6.73. The topological polar surface area (TPSA) is 94.9 Å². The highest BCUT2D eigenvalue weighted by atomic mass is 32.2. The minimum absolute atomic E-state index is 0.0147. The van der Waals surface area contributed by atoms with E-state index in [1.807, 2.05) is 0 Å². The Morgan fingerprint density at radius 2 is 2.07 bits per heavy atom. The summed E-state index contributed by atoms with van der Waals surface area (Å²) < 4.78 is 33.2. The summed E-state index contributed by atoms with van der Waals surface area (Å²) in [5, 5.41) is 0. The zero-order chi connectivity index (χ0) is 11.7. The molecule has 1 unspecified atom stereocenters. The van der Waals surface area contributed by atoms with E-state index in [4.69, 9.17) is 9.79 Å². The van der Waals surface area contributed by atoms with E-state index in [-0.39, 0.29) is 23.8 Å². The van der Waals surface area contributed by atoms with Gasteiger partial charge in [0.15, 0.2) is 9.84 Å². The lowest BCUT2D eigenvalue weighted by atomic mass is 10.2. The third kappa shape index (κ3) is 4.20. The average molecular weight is 257 g/mol. The third-order valence-corrected chi connectivity index (χ3v) is 4.98. The predicted molar refractivity (Wildman–Crippen MR) is 56.3 cm³/mol. The minimum atomic E-state index is -4.10. The first-order valence-corrected chi connectivity index (χ1v) is 8.34. The average Bonchev–Trinajstić information content (AvgIpc) is 2.40. The van der Waals surface area contributed by atoms with Crippen LogP contribution in [0.15, 0.2) is 0 Å². The second kappa shape index (κ2) is 4.51. The van der Waals surface area contributed by atoms with E-state index < -0.39 is 17.4 Å². The van der Waals surface area contributed by atoms with Crippen molar-refractivity contribution in [3.63, 3.8) is 0 Å². The smallest absolute Gasteiger partial charge is 0.324 e. The van der Waals surface area contributed by atoms with Crippen LogP contribution in [-0.4, -0.2) is 53.5 Å². The van der Waals surface area contributed by atoms with E-state index in [1.54, 1.807) is 11.8 Å². The van der Waals surface area contributed by atoms with Crippen molar-refractivity contribution >= 4 is 17.4 Å². The molecule has 1 aliphatic heterocycles. The molecule has 0 radical (unpaired) electrons. The molecule has 0 aliphatic carbocycles. The molecule has 2 N–H and O–H groups in total. The highest BCUT2D eigenvalue weighted by molar-refractivity contribution is 7.91. The fourth-order valence-corrected chi connectivity index (χ4v) is 4.44. The van der Waals surface area contributed by atoms with Gasteiger partial charge in [-0.05, 0) is 13.0 Å². The lowest BCUT2D eigenvalue weighted by molar-refractivity contribution is 0.234. The molecule has 0 aromatic heterocycles. The molecule has 90 valence electrons. The van der Waals surface area contributed by atoms with Gasteiger partial charge in [-0.25, -0.2) is 8.42 Å². The minimum Gasteiger partial charge on any atom is -0.324 e. The van der Waals surface area contributed by atoms with Crippen molar-refractivity contribution in [2.75, 3.05) is 24.3 Å². The van der Waals surface area contributed by atoms with Crippen molar-refractivity contribution in [3.05, 3.63) is 0 Å². The van der Waals surface area contributed by atoms with Gasteiger partial charge in [0.05, 0.1) is 11.5 Å². The summed E-state index contributed by atoms with van der Waals surface area (Å²) >= 11 is 0. The highest BCUT2D eigenvalue weighted by Gasteiger charge is 2.33. The van der Waals surface area contributed by atoms with Crippen molar-refractivity contribution in [1.82, 2.24) is 4.90 Å². The van der Waals surface area contributed by atoms with Crippen molar-refractivity contribution in [2.24, 2.45) is 0 Å². The van der Waals surface area contributed by atoms with Crippen LogP contribution in [0.3, 0.4) is 0 Å². The van der Waals surface area contributed by atoms with Gasteiger partial charge in [-0.1, -0.05) is 6.92 Å². The van der Waals surface area contributed by atoms with Crippen molar-refractivity contribution in [3.8, 4) is 0 Å². The molecule has 0 aromatic rings. The van der Waals surface area contributed by atoms with Gasteiger partial charge in [-0.3, -0.25) is 9.46 Å². The molecule has 15 heavy (non-hydrogen) atoms. The van der Waals surface area contributed by atoms with Gasteiger partial charge >= 0.3 is 7.60 Å². The number of hydrogen-bond donors (Lipinski definition) is 2. The molecule has 0 amide bonds. The van der Waals surface area contributed by atoms with Crippen molar-refractivity contribution < 1.29 is 22.8 Å². The Bertz CT molecular complexity index is 362.